The van der Waals surface area contributed by atoms with Crippen LogP contribution in [0.25, 0.3) is 0 Å². The van der Waals surface area contributed by atoms with E-state index in [1.165, 1.54) is 32.1 Å². The van der Waals surface area contributed by atoms with Crippen molar-refractivity contribution in [2.24, 2.45) is 0 Å². The maximum atomic E-state index is 5.40. The van der Waals surface area contributed by atoms with Crippen molar-refractivity contribution < 1.29 is 4.74 Å². The van der Waals surface area contributed by atoms with Crippen LogP contribution in [0, 0.1) is 0 Å². The van der Waals surface area contributed by atoms with Gasteiger partial charge in [-0.2, -0.15) is 0 Å². The molecule has 3 heteroatoms. The van der Waals surface area contributed by atoms with Crippen LogP contribution < -0.4 is 5.32 Å². The van der Waals surface area contributed by atoms with Crippen LogP contribution in [-0.4, -0.2) is 49.3 Å². The molecule has 0 spiro atoms. The third-order valence-electron chi connectivity index (χ3n) is 4.91. The summed E-state index contributed by atoms with van der Waals surface area (Å²) in [6.07, 6.45) is 7.13. The summed E-state index contributed by atoms with van der Waals surface area (Å²) in [4.78, 5) is 2.62. The molecule has 2 rings (SSSR count). The fraction of sp³-hybridized carbons (Fsp3) is 1.00. The third kappa shape index (κ3) is 3.01. The van der Waals surface area contributed by atoms with Gasteiger partial charge in [-0.05, 0) is 46.6 Å². The number of nitrogens with one attached hydrogen (secondary N) is 1. The fourth-order valence-corrected chi connectivity index (χ4v) is 3.46. The molecule has 2 saturated heterocycles. The molecular weight excluding hydrogens is 212 g/mol. The lowest BCUT2D eigenvalue weighted by atomic mass is 9.82. The number of piperidine rings is 2. The van der Waals surface area contributed by atoms with Gasteiger partial charge in [0.05, 0.1) is 6.10 Å². The van der Waals surface area contributed by atoms with Crippen LogP contribution in [0.2, 0.25) is 0 Å². The molecule has 0 amide bonds. The average molecular weight is 240 g/mol. The van der Waals surface area contributed by atoms with Gasteiger partial charge >= 0.3 is 0 Å². The van der Waals surface area contributed by atoms with Crippen LogP contribution in [0.15, 0.2) is 0 Å². The molecule has 0 saturated carbocycles. The predicted octanol–water partition coefficient (Wildman–Crippen LogP) is 2.01. The van der Waals surface area contributed by atoms with E-state index in [1.54, 1.807) is 7.11 Å². The Hall–Kier alpha value is -0.120. The van der Waals surface area contributed by atoms with Crippen molar-refractivity contribution in [1.29, 1.82) is 0 Å². The zero-order chi connectivity index (χ0) is 12.4. The highest BCUT2D eigenvalue weighted by atomic mass is 16.5. The van der Waals surface area contributed by atoms with Gasteiger partial charge in [0.15, 0.2) is 0 Å². The van der Waals surface area contributed by atoms with Crippen LogP contribution in [0.1, 0.15) is 46.0 Å². The molecule has 17 heavy (non-hydrogen) atoms. The Balaban J connectivity index is 1.87. The second kappa shape index (κ2) is 5.68. The maximum absolute atomic E-state index is 5.40. The van der Waals surface area contributed by atoms with Gasteiger partial charge in [0.1, 0.15) is 0 Å². The molecule has 2 heterocycles. The lowest BCUT2D eigenvalue weighted by Crippen LogP contribution is -2.56. The summed E-state index contributed by atoms with van der Waals surface area (Å²) in [5, 5.41) is 3.77. The first-order valence-electron chi connectivity index (χ1n) is 7.12. The Morgan fingerprint density at radius 2 is 1.76 bits per heavy atom. The Morgan fingerprint density at radius 3 is 2.29 bits per heavy atom. The third-order valence-corrected chi connectivity index (χ3v) is 4.91. The van der Waals surface area contributed by atoms with Gasteiger partial charge in [-0.3, -0.25) is 0 Å². The summed E-state index contributed by atoms with van der Waals surface area (Å²) in [6, 6.07) is 2.76. The van der Waals surface area contributed by atoms with Crippen LogP contribution >= 0.6 is 0 Å². The summed E-state index contributed by atoms with van der Waals surface area (Å²) in [7, 11) is 4.11. The van der Waals surface area contributed by atoms with E-state index in [0.29, 0.717) is 18.2 Å². The predicted molar refractivity (Wildman–Crippen MR) is 71.3 cm³/mol. The highest BCUT2D eigenvalue weighted by Crippen LogP contribution is 2.32. The molecule has 2 aliphatic heterocycles. The first kappa shape index (κ1) is 13.3. The van der Waals surface area contributed by atoms with E-state index >= 15 is 0 Å². The molecule has 0 radical (unpaired) electrons. The molecule has 4 atom stereocenters. The van der Waals surface area contributed by atoms with Crippen molar-refractivity contribution in [1.82, 2.24) is 10.2 Å². The average Bonchev–Trinajstić information content (AvgIpc) is 2.29. The zero-order valence-electron chi connectivity index (χ0n) is 11.8. The van der Waals surface area contributed by atoms with E-state index in [4.69, 9.17) is 4.74 Å². The molecule has 2 fully saturated rings. The molecule has 100 valence electrons. The number of fused-ring (bicyclic) bond motifs is 2. The molecule has 0 aromatic rings. The van der Waals surface area contributed by atoms with Crippen LogP contribution in [0.4, 0.5) is 0 Å². The van der Waals surface area contributed by atoms with Gasteiger partial charge in [-0.15, -0.1) is 0 Å². The van der Waals surface area contributed by atoms with Gasteiger partial charge in [0.2, 0.25) is 0 Å². The van der Waals surface area contributed by atoms with Gasteiger partial charge in [-0.25, -0.2) is 0 Å². The van der Waals surface area contributed by atoms with Gasteiger partial charge in [0, 0.05) is 31.3 Å². The highest BCUT2D eigenvalue weighted by Gasteiger charge is 2.36. The Kier molecular flexibility index (Phi) is 4.45. The van der Waals surface area contributed by atoms with Crippen molar-refractivity contribution in [2.45, 2.75) is 76.2 Å². The van der Waals surface area contributed by atoms with Crippen molar-refractivity contribution >= 4 is 0 Å². The second-order valence-electron chi connectivity index (χ2n) is 5.97. The van der Waals surface area contributed by atoms with Crippen molar-refractivity contribution in [3.63, 3.8) is 0 Å². The normalized spacial score (nSPS) is 37.8. The maximum Gasteiger partial charge on any atom is 0.0693 e. The van der Waals surface area contributed by atoms with E-state index in [2.05, 4.69) is 31.1 Å². The monoisotopic (exact) mass is 240 g/mol. The molecule has 4 unspecified atom stereocenters. The standard InChI is InChI=1S/C14H28N2O/c1-10(11(2)17-4)15-12-8-13-6-5-7-14(9-12)16(13)3/h10-15H,5-9H2,1-4H3. The summed E-state index contributed by atoms with van der Waals surface area (Å²) < 4.78 is 5.40. The quantitative estimate of drug-likeness (QED) is 0.813. The van der Waals surface area contributed by atoms with E-state index in [0.717, 1.165) is 12.1 Å². The van der Waals surface area contributed by atoms with Crippen molar-refractivity contribution in [3.05, 3.63) is 0 Å². The molecule has 1 N–H and O–H groups in total. The topological polar surface area (TPSA) is 24.5 Å². The fourth-order valence-electron chi connectivity index (χ4n) is 3.46. The van der Waals surface area contributed by atoms with Crippen molar-refractivity contribution in [3.8, 4) is 0 Å². The highest BCUT2D eigenvalue weighted by molar-refractivity contribution is 4.94. The molecule has 2 aliphatic rings. The smallest absolute Gasteiger partial charge is 0.0693 e. The zero-order valence-corrected chi connectivity index (χ0v) is 11.8. The largest absolute Gasteiger partial charge is 0.380 e. The van der Waals surface area contributed by atoms with Crippen LogP contribution in [0.5, 0.6) is 0 Å². The van der Waals surface area contributed by atoms with E-state index in [-0.39, 0.29) is 0 Å². The van der Waals surface area contributed by atoms with Gasteiger partial charge < -0.3 is 15.0 Å². The number of nitrogens with zero attached hydrogens (tertiary/aromatic N) is 1. The molecule has 0 aromatic carbocycles. The summed E-state index contributed by atoms with van der Waals surface area (Å²) in [5.74, 6) is 0. The van der Waals surface area contributed by atoms with E-state index in [1.807, 2.05) is 0 Å². The lowest BCUT2D eigenvalue weighted by molar-refractivity contribution is 0.0330. The Bertz CT molecular complexity index is 232. The van der Waals surface area contributed by atoms with Gasteiger partial charge in [0.25, 0.3) is 0 Å². The lowest BCUT2D eigenvalue weighted by Gasteiger charge is -2.48. The Morgan fingerprint density at radius 1 is 1.18 bits per heavy atom. The minimum Gasteiger partial charge on any atom is -0.380 e. The minimum atomic E-state index is 0.300. The van der Waals surface area contributed by atoms with Crippen molar-refractivity contribution in [2.75, 3.05) is 14.2 Å². The van der Waals surface area contributed by atoms with Gasteiger partial charge in [-0.1, -0.05) is 6.42 Å². The first-order chi connectivity index (χ1) is 8.11. The SMILES string of the molecule is COC(C)C(C)NC1CC2CCCC(C1)N2C. The number of methoxy groups -OCH3 is 1. The molecule has 0 aliphatic carbocycles. The van der Waals surface area contributed by atoms with Crippen LogP contribution in [0.3, 0.4) is 0 Å². The molecular formula is C14H28N2O. The summed E-state index contributed by atoms with van der Waals surface area (Å²) >= 11 is 0. The number of hydrogen-bond acceptors (Lipinski definition) is 3. The number of ether oxygens (including phenoxy) is 1. The Labute approximate surface area is 106 Å². The summed E-state index contributed by atoms with van der Waals surface area (Å²) in [6.45, 7) is 4.38. The minimum absolute atomic E-state index is 0.300. The van der Waals surface area contributed by atoms with E-state index in [9.17, 15) is 0 Å². The second-order valence-corrected chi connectivity index (χ2v) is 5.97. The summed E-state index contributed by atoms with van der Waals surface area (Å²) in [5.41, 5.74) is 0. The van der Waals surface area contributed by atoms with E-state index < -0.39 is 0 Å². The first-order valence-corrected chi connectivity index (χ1v) is 7.12. The molecule has 2 bridgehead atoms. The number of hydrogen-bond donors (Lipinski definition) is 1. The molecule has 0 aromatic heterocycles. The number of rotatable bonds is 4. The van der Waals surface area contributed by atoms with Crippen LogP contribution in [-0.2, 0) is 4.74 Å². The molecule has 3 nitrogen and oxygen atoms in total.